The zero-order valence-electron chi connectivity index (χ0n) is 24.5. The van der Waals surface area contributed by atoms with Crippen LogP contribution in [0.5, 0.6) is 5.88 Å². The van der Waals surface area contributed by atoms with Gasteiger partial charge in [0.25, 0.3) is 0 Å². The number of H-pyrrole nitrogens is 1. The van der Waals surface area contributed by atoms with E-state index in [9.17, 15) is 17.6 Å². The van der Waals surface area contributed by atoms with Gasteiger partial charge in [-0.1, -0.05) is 23.7 Å². The van der Waals surface area contributed by atoms with Crippen LogP contribution in [0, 0.1) is 5.82 Å². The smallest absolute Gasteiger partial charge is 0.451 e. The van der Waals surface area contributed by atoms with Crippen molar-refractivity contribution in [1.82, 2.24) is 39.6 Å². The van der Waals surface area contributed by atoms with Gasteiger partial charge in [0, 0.05) is 34.9 Å². The number of piperidine rings is 1. The minimum absolute atomic E-state index is 0.0502. The van der Waals surface area contributed by atoms with E-state index in [1.807, 2.05) is 17.2 Å². The van der Waals surface area contributed by atoms with E-state index in [1.165, 1.54) is 6.07 Å². The Morgan fingerprint density at radius 2 is 1.87 bits per heavy atom. The van der Waals surface area contributed by atoms with Gasteiger partial charge in [-0.05, 0) is 56.6 Å². The summed E-state index contributed by atoms with van der Waals surface area (Å²) in [6.45, 7) is 3.60. The van der Waals surface area contributed by atoms with Crippen molar-refractivity contribution < 1.29 is 27.0 Å². The van der Waals surface area contributed by atoms with E-state index in [4.69, 9.17) is 31.0 Å². The maximum absolute atomic E-state index is 14.2. The van der Waals surface area contributed by atoms with Crippen molar-refractivity contribution in [3.05, 3.63) is 82.4 Å². The Morgan fingerprint density at radius 1 is 1.04 bits per heavy atom. The molecule has 15 heteroatoms. The van der Waals surface area contributed by atoms with Crippen molar-refractivity contribution in [2.24, 2.45) is 0 Å². The van der Waals surface area contributed by atoms with Crippen molar-refractivity contribution in [1.29, 1.82) is 0 Å². The molecule has 5 aromatic rings. The van der Waals surface area contributed by atoms with Crippen molar-refractivity contribution in [2.45, 2.75) is 57.2 Å². The molecule has 46 heavy (non-hydrogen) atoms. The van der Waals surface area contributed by atoms with Crippen LogP contribution in [-0.2, 0) is 30.6 Å². The highest BCUT2D eigenvalue weighted by Gasteiger charge is 2.35. The molecule has 0 radical (unpaired) electrons. The van der Waals surface area contributed by atoms with Crippen LogP contribution in [0.25, 0.3) is 22.6 Å². The highest BCUT2D eigenvalue weighted by Crippen LogP contribution is 2.31. The molecule has 0 aliphatic carbocycles. The topological polar surface area (TPSA) is 107 Å². The SMILES string of the molecule is Fc1cc(Cl)ccc1COc1cccc(C2CCN(Cc3nc4cc(-c5n[nH]c(C(F)(F)F)n5)ncc4n3C[C@@H]3CCO3)CC2)n1. The lowest BCUT2D eigenvalue weighted by atomic mass is 9.93. The first-order valence-corrected chi connectivity index (χ1v) is 15.3. The van der Waals surface area contributed by atoms with E-state index in [1.54, 1.807) is 30.5 Å². The first-order valence-electron chi connectivity index (χ1n) is 14.9. The molecule has 2 aliphatic rings. The van der Waals surface area contributed by atoms with Crippen molar-refractivity contribution in [3.8, 4) is 17.4 Å². The van der Waals surface area contributed by atoms with Gasteiger partial charge in [0.15, 0.2) is 5.82 Å². The van der Waals surface area contributed by atoms with Crippen LogP contribution in [0.3, 0.4) is 0 Å². The van der Waals surface area contributed by atoms with Crippen molar-refractivity contribution in [2.75, 3.05) is 19.7 Å². The quantitative estimate of drug-likeness (QED) is 0.188. The van der Waals surface area contributed by atoms with Crippen LogP contribution in [0.15, 0.2) is 48.7 Å². The molecule has 2 saturated heterocycles. The molecule has 7 rings (SSSR count). The number of imidazole rings is 1. The molecule has 1 aromatic carbocycles. The zero-order valence-corrected chi connectivity index (χ0v) is 25.2. The lowest BCUT2D eigenvalue weighted by molar-refractivity contribution is -0.144. The van der Waals surface area contributed by atoms with E-state index in [0.717, 1.165) is 49.4 Å². The number of benzene rings is 1. The van der Waals surface area contributed by atoms with Crippen LogP contribution in [0.4, 0.5) is 17.6 Å². The monoisotopic (exact) mass is 656 g/mol. The van der Waals surface area contributed by atoms with E-state index in [-0.39, 0.29) is 30.1 Å². The summed E-state index contributed by atoms with van der Waals surface area (Å²) in [5.74, 6) is -0.232. The van der Waals surface area contributed by atoms with Gasteiger partial charge in [0.2, 0.25) is 11.7 Å². The minimum Gasteiger partial charge on any atom is -0.473 e. The van der Waals surface area contributed by atoms with Gasteiger partial charge in [0.1, 0.15) is 23.9 Å². The Hall–Kier alpha value is -4.14. The van der Waals surface area contributed by atoms with Gasteiger partial charge < -0.3 is 14.0 Å². The van der Waals surface area contributed by atoms with Crippen LogP contribution < -0.4 is 4.74 Å². The number of rotatable bonds is 9. The van der Waals surface area contributed by atoms with Gasteiger partial charge in [0.05, 0.1) is 36.4 Å². The fraction of sp³-hybridized carbons (Fsp3) is 0.387. The van der Waals surface area contributed by atoms with Crippen molar-refractivity contribution >= 4 is 22.6 Å². The second-order valence-electron chi connectivity index (χ2n) is 11.5. The van der Waals surface area contributed by atoms with Crippen LogP contribution in [0.2, 0.25) is 5.02 Å². The summed E-state index contributed by atoms with van der Waals surface area (Å²) >= 11 is 5.85. The Labute approximate surface area is 265 Å². The third kappa shape index (κ3) is 6.55. The Balaban J connectivity index is 1.03. The molecule has 0 unspecified atom stereocenters. The van der Waals surface area contributed by atoms with Gasteiger partial charge in [-0.15, -0.1) is 0 Å². The first kappa shape index (κ1) is 30.5. The Kier molecular flexibility index (Phi) is 8.34. The van der Waals surface area contributed by atoms with Gasteiger partial charge in [-0.25, -0.2) is 19.3 Å². The summed E-state index contributed by atoms with van der Waals surface area (Å²) in [5, 5.41) is 5.97. The summed E-state index contributed by atoms with van der Waals surface area (Å²) < 4.78 is 66.9. The Morgan fingerprint density at radius 3 is 2.59 bits per heavy atom. The number of ether oxygens (including phenoxy) is 2. The van der Waals surface area contributed by atoms with Crippen LogP contribution in [0.1, 0.15) is 48.1 Å². The fourth-order valence-corrected chi connectivity index (χ4v) is 5.93. The molecule has 10 nitrogen and oxygen atoms in total. The number of hydrogen-bond donors (Lipinski definition) is 1. The number of halogens is 5. The number of nitrogens with one attached hydrogen (secondary N) is 1. The number of alkyl halides is 3. The standard InChI is InChI=1S/C31H29ClF4N8O2/c32-20-5-4-19(22(33)12-20)17-46-28-3-1-2-23(39-28)18-6-9-43(10-7-18)16-27-38-24-13-25(29-40-30(42-41-29)31(34,35)36)37-14-26(24)44(27)15-21-8-11-45-21/h1-5,12-14,18,21H,6-11,15-17H2,(H,40,41,42)/t21-/m0/s1. The third-order valence-corrected chi connectivity index (χ3v) is 8.62. The maximum Gasteiger partial charge on any atom is 0.451 e. The zero-order chi connectivity index (χ0) is 31.8. The normalized spacial score (nSPS) is 17.8. The first-order chi connectivity index (χ1) is 22.2. The number of aromatic amines is 1. The maximum atomic E-state index is 14.2. The molecule has 1 atom stereocenters. The van der Waals surface area contributed by atoms with E-state index in [2.05, 4.69) is 24.5 Å². The molecule has 4 aromatic heterocycles. The summed E-state index contributed by atoms with van der Waals surface area (Å²) in [5.41, 5.74) is 2.91. The number of aromatic nitrogens is 7. The predicted molar refractivity (Wildman–Crippen MR) is 159 cm³/mol. The number of fused-ring (bicyclic) bond motifs is 1. The molecule has 0 spiro atoms. The van der Waals surface area contributed by atoms with Crippen LogP contribution >= 0.6 is 11.6 Å². The number of pyridine rings is 2. The number of nitrogens with zero attached hydrogens (tertiary/aromatic N) is 7. The van der Waals surface area contributed by atoms with Gasteiger partial charge >= 0.3 is 6.18 Å². The molecule has 2 aliphatic heterocycles. The fourth-order valence-electron chi connectivity index (χ4n) is 5.77. The third-order valence-electron chi connectivity index (χ3n) is 8.38. The second kappa shape index (κ2) is 12.6. The average molecular weight is 657 g/mol. The number of hydrogen-bond acceptors (Lipinski definition) is 8. The van der Waals surface area contributed by atoms with Gasteiger partial charge in [-0.2, -0.15) is 18.3 Å². The molecule has 1 N–H and O–H groups in total. The van der Waals surface area contributed by atoms with Gasteiger partial charge in [-0.3, -0.25) is 15.0 Å². The summed E-state index contributed by atoms with van der Waals surface area (Å²) in [6, 6.07) is 11.8. The minimum atomic E-state index is -4.63. The van der Waals surface area contributed by atoms with E-state index >= 15 is 0 Å². The second-order valence-corrected chi connectivity index (χ2v) is 11.9. The molecular formula is C31H29ClF4N8O2. The Bertz CT molecular complexity index is 1850. The van der Waals surface area contributed by atoms with E-state index in [0.29, 0.717) is 41.7 Å². The molecule has 6 heterocycles. The lowest BCUT2D eigenvalue weighted by Crippen LogP contribution is -2.35. The summed E-state index contributed by atoms with van der Waals surface area (Å²) in [6.07, 6.45) is -0.250. The molecule has 0 amide bonds. The largest absolute Gasteiger partial charge is 0.473 e. The lowest BCUT2D eigenvalue weighted by Gasteiger charge is -2.32. The summed E-state index contributed by atoms with van der Waals surface area (Å²) in [4.78, 5) is 19.9. The van der Waals surface area contributed by atoms with E-state index < -0.39 is 17.8 Å². The van der Waals surface area contributed by atoms with Crippen LogP contribution in [-0.4, -0.2) is 65.4 Å². The predicted octanol–water partition coefficient (Wildman–Crippen LogP) is 6.17. The molecule has 240 valence electrons. The highest BCUT2D eigenvalue weighted by atomic mass is 35.5. The summed E-state index contributed by atoms with van der Waals surface area (Å²) in [7, 11) is 0. The highest BCUT2D eigenvalue weighted by molar-refractivity contribution is 6.30. The molecule has 0 saturated carbocycles. The van der Waals surface area contributed by atoms with Crippen molar-refractivity contribution in [3.63, 3.8) is 0 Å². The molecule has 2 fully saturated rings. The number of likely N-dealkylation sites (tertiary alicyclic amines) is 1. The molecular weight excluding hydrogens is 628 g/mol. The average Bonchev–Trinajstić information content (AvgIpc) is 3.64. The molecule has 0 bridgehead atoms.